The molecule has 3 nitrogen and oxygen atoms in total. The Hall–Kier alpha value is -0.860. The van der Waals surface area contributed by atoms with Crippen LogP contribution in [0.25, 0.3) is 0 Å². The summed E-state index contributed by atoms with van der Waals surface area (Å²) in [6.45, 7) is 5.43. The third-order valence-corrected chi connectivity index (χ3v) is 2.99. The average Bonchev–Trinajstić information content (AvgIpc) is 2.27. The highest BCUT2D eigenvalue weighted by Gasteiger charge is 2.10. The normalized spacial score (nSPS) is 12.2. The molecule has 100 valence electrons. The van der Waals surface area contributed by atoms with Crippen molar-refractivity contribution in [2.24, 2.45) is 0 Å². The van der Waals surface area contributed by atoms with E-state index in [9.17, 15) is 9.59 Å². The van der Waals surface area contributed by atoms with Crippen LogP contribution >= 0.6 is 0 Å². The van der Waals surface area contributed by atoms with Gasteiger partial charge in [0.2, 0.25) is 5.91 Å². The zero-order chi connectivity index (χ0) is 13.1. The third kappa shape index (κ3) is 10.0. The molecule has 1 atom stereocenters. The average molecular weight is 241 g/mol. The summed E-state index contributed by atoms with van der Waals surface area (Å²) in [5, 5.41) is 2.70. The van der Waals surface area contributed by atoms with Gasteiger partial charge in [-0.15, -0.1) is 0 Å². The second-order valence-electron chi connectivity index (χ2n) is 4.77. The van der Waals surface area contributed by atoms with E-state index in [0.717, 1.165) is 12.8 Å². The molecule has 0 aliphatic rings. The molecule has 0 aliphatic carbocycles. The number of hydrogen-bond acceptors (Lipinski definition) is 2. The van der Waals surface area contributed by atoms with Crippen LogP contribution in [0.3, 0.4) is 0 Å². The van der Waals surface area contributed by atoms with Crippen molar-refractivity contribution in [1.29, 1.82) is 0 Å². The Kier molecular flexibility index (Phi) is 9.78. The lowest BCUT2D eigenvalue weighted by Crippen LogP contribution is -2.37. The van der Waals surface area contributed by atoms with Crippen molar-refractivity contribution >= 4 is 11.7 Å². The van der Waals surface area contributed by atoms with Crippen LogP contribution in [0.5, 0.6) is 0 Å². The van der Waals surface area contributed by atoms with Crippen LogP contribution in [0.15, 0.2) is 0 Å². The Bertz CT molecular complexity index is 226. The zero-order valence-electron chi connectivity index (χ0n) is 11.6. The van der Waals surface area contributed by atoms with Gasteiger partial charge in [-0.05, 0) is 20.3 Å². The topological polar surface area (TPSA) is 46.2 Å². The van der Waals surface area contributed by atoms with E-state index in [0.29, 0.717) is 6.42 Å². The molecular formula is C14H27NO2. The molecule has 0 rings (SSSR count). The first-order valence-electron chi connectivity index (χ1n) is 6.87. The SMILES string of the molecule is CCCCCCCCCC(=O)NC(C)C(C)=O. The fourth-order valence-corrected chi connectivity index (χ4v) is 1.66. The fourth-order valence-electron chi connectivity index (χ4n) is 1.66. The molecule has 0 aliphatic heterocycles. The number of amides is 1. The van der Waals surface area contributed by atoms with Crippen molar-refractivity contribution in [3.63, 3.8) is 0 Å². The summed E-state index contributed by atoms with van der Waals surface area (Å²) < 4.78 is 0. The molecule has 17 heavy (non-hydrogen) atoms. The van der Waals surface area contributed by atoms with Crippen LogP contribution in [-0.4, -0.2) is 17.7 Å². The van der Waals surface area contributed by atoms with Gasteiger partial charge in [0.1, 0.15) is 0 Å². The zero-order valence-corrected chi connectivity index (χ0v) is 11.6. The molecule has 3 heteroatoms. The quantitative estimate of drug-likeness (QED) is 0.597. The van der Waals surface area contributed by atoms with Gasteiger partial charge >= 0.3 is 0 Å². The summed E-state index contributed by atoms with van der Waals surface area (Å²) in [6, 6.07) is -0.341. The summed E-state index contributed by atoms with van der Waals surface area (Å²) >= 11 is 0. The number of Topliss-reactive ketones (excluding diaryl/α,β-unsaturated/α-hetero) is 1. The van der Waals surface area contributed by atoms with Gasteiger partial charge in [-0.1, -0.05) is 45.4 Å². The van der Waals surface area contributed by atoms with Crippen molar-refractivity contribution in [3.05, 3.63) is 0 Å². The van der Waals surface area contributed by atoms with E-state index in [1.807, 2.05) is 0 Å². The van der Waals surface area contributed by atoms with E-state index in [4.69, 9.17) is 0 Å². The molecule has 0 aromatic heterocycles. The number of unbranched alkanes of at least 4 members (excludes halogenated alkanes) is 6. The first-order valence-corrected chi connectivity index (χ1v) is 6.87. The molecule has 0 heterocycles. The van der Waals surface area contributed by atoms with Crippen LogP contribution in [0, 0.1) is 0 Å². The number of carbonyl (C=O) groups is 2. The lowest BCUT2D eigenvalue weighted by Gasteiger charge is -2.10. The van der Waals surface area contributed by atoms with E-state index in [-0.39, 0.29) is 17.7 Å². The van der Waals surface area contributed by atoms with Gasteiger partial charge in [-0.2, -0.15) is 0 Å². The van der Waals surface area contributed by atoms with Gasteiger partial charge in [0.15, 0.2) is 5.78 Å². The molecule has 0 aromatic rings. The van der Waals surface area contributed by atoms with E-state index in [2.05, 4.69) is 12.2 Å². The largest absolute Gasteiger partial charge is 0.347 e. The lowest BCUT2D eigenvalue weighted by atomic mass is 10.1. The fraction of sp³-hybridized carbons (Fsp3) is 0.857. The number of ketones is 1. The van der Waals surface area contributed by atoms with Crippen molar-refractivity contribution in [2.75, 3.05) is 0 Å². The monoisotopic (exact) mass is 241 g/mol. The van der Waals surface area contributed by atoms with Gasteiger partial charge < -0.3 is 5.32 Å². The van der Waals surface area contributed by atoms with Gasteiger partial charge in [0, 0.05) is 6.42 Å². The Morgan fingerprint density at radius 3 is 2.06 bits per heavy atom. The third-order valence-electron chi connectivity index (χ3n) is 2.99. The molecule has 0 bridgehead atoms. The van der Waals surface area contributed by atoms with Crippen LogP contribution in [0.4, 0.5) is 0 Å². The Labute approximate surface area is 105 Å². The summed E-state index contributed by atoms with van der Waals surface area (Å²) in [7, 11) is 0. The maximum atomic E-state index is 11.4. The lowest BCUT2D eigenvalue weighted by molar-refractivity contribution is -0.126. The van der Waals surface area contributed by atoms with Crippen LogP contribution in [-0.2, 0) is 9.59 Å². The number of carbonyl (C=O) groups excluding carboxylic acids is 2. The molecule has 0 saturated heterocycles. The summed E-state index contributed by atoms with van der Waals surface area (Å²) in [5.74, 6) is 0.0131. The Morgan fingerprint density at radius 2 is 1.53 bits per heavy atom. The Morgan fingerprint density at radius 1 is 1.00 bits per heavy atom. The first-order chi connectivity index (χ1) is 8.07. The molecule has 1 amide bonds. The molecule has 0 aromatic carbocycles. The number of rotatable bonds is 10. The van der Waals surface area contributed by atoms with Gasteiger partial charge in [0.05, 0.1) is 6.04 Å². The maximum Gasteiger partial charge on any atom is 0.220 e. The molecule has 0 radical (unpaired) electrons. The number of hydrogen-bond donors (Lipinski definition) is 1. The summed E-state index contributed by atoms with van der Waals surface area (Å²) in [4.78, 5) is 22.4. The second kappa shape index (κ2) is 10.3. The molecule has 1 unspecified atom stereocenters. The molecule has 0 fully saturated rings. The molecule has 0 spiro atoms. The van der Waals surface area contributed by atoms with E-state index >= 15 is 0 Å². The molecular weight excluding hydrogens is 214 g/mol. The highest BCUT2D eigenvalue weighted by Crippen LogP contribution is 2.08. The van der Waals surface area contributed by atoms with Gasteiger partial charge in [0.25, 0.3) is 0 Å². The van der Waals surface area contributed by atoms with Gasteiger partial charge in [-0.25, -0.2) is 0 Å². The summed E-state index contributed by atoms with van der Waals surface area (Å²) in [6.07, 6.45) is 8.99. The van der Waals surface area contributed by atoms with Gasteiger partial charge in [-0.3, -0.25) is 9.59 Å². The Balaban J connectivity index is 3.36. The number of nitrogens with one attached hydrogen (secondary N) is 1. The van der Waals surface area contributed by atoms with Crippen molar-refractivity contribution in [1.82, 2.24) is 5.32 Å². The van der Waals surface area contributed by atoms with E-state index < -0.39 is 0 Å². The standard InChI is InChI=1S/C14H27NO2/c1-4-5-6-7-8-9-10-11-14(17)15-12(2)13(3)16/h12H,4-11H2,1-3H3,(H,15,17). The molecule has 1 N–H and O–H groups in total. The predicted octanol–water partition coefficient (Wildman–Crippen LogP) is 3.22. The van der Waals surface area contributed by atoms with Crippen LogP contribution in [0.1, 0.15) is 72.1 Å². The highest BCUT2D eigenvalue weighted by molar-refractivity contribution is 5.86. The second-order valence-corrected chi connectivity index (χ2v) is 4.77. The van der Waals surface area contributed by atoms with Crippen molar-refractivity contribution in [3.8, 4) is 0 Å². The van der Waals surface area contributed by atoms with Crippen LogP contribution in [0.2, 0.25) is 0 Å². The molecule has 0 saturated carbocycles. The highest BCUT2D eigenvalue weighted by atomic mass is 16.2. The van der Waals surface area contributed by atoms with Crippen molar-refractivity contribution in [2.45, 2.75) is 78.2 Å². The summed E-state index contributed by atoms with van der Waals surface area (Å²) in [5.41, 5.74) is 0. The predicted molar refractivity (Wildman–Crippen MR) is 70.9 cm³/mol. The minimum absolute atomic E-state index is 0.00116. The van der Waals surface area contributed by atoms with E-state index in [1.165, 1.54) is 39.0 Å². The maximum absolute atomic E-state index is 11.4. The van der Waals surface area contributed by atoms with E-state index in [1.54, 1.807) is 6.92 Å². The smallest absolute Gasteiger partial charge is 0.220 e. The van der Waals surface area contributed by atoms with Crippen molar-refractivity contribution < 1.29 is 9.59 Å². The minimum Gasteiger partial charge on any atom is -0.347 e. The first kappa shape index (κ1) is 16.1. The van der Waals surface area contributed by atoms with Crippen LogP contribution < -0.4 is 5.32 Å². The minimum atomic E-state index is -0.341.